The molecule has 0 atom stereocenters. The Kier molecular flexibility index (Phi) is 5.11. The summed E-state index contributed by atoms with van der Waals surface area (Å²) in [5.41, 5.74) is 0. The van der Waals surface area contributed by atoms with Crippen LogP contribution in [0.15, 0.2) is 72.8 Å². The van der Waals surface area contributed by atoms with Gasteiger partial charge in [0, 0.05) is 0 Å². The summed E-state index contributed by atoms with van der Waals surface area (Å²) < 4.78 is 16.4. The van der Waals surface area contributed by atoms with Gasteiger partial charge in [-0.2, -0.15) is 0 Å². The Hall–Kier alpha value is -2.59. The van der Waals surface area contributed by atoms with Gasteiger partial charge in [0.25, 0.3) is 0 Å². The van der Waals surface area contributed by atoms with Crippen molar-refractivity contribution in [2.24, 2.45) is 0 Å². The summed E-state index contributed by atoms with van der Waals surface area (Å²) >= 11 is 0. The van der Waals surface area contributed by atoms with Crippen molar-refractivity contribution in [2.75, 3.05) is 21.3 Å². The average Bonchev–Trinajstić information content (AvgIpc) is 2.73. The molecular weight excluding hydrogens is 363 g/mol. The topological polar surface area (TPSA) is 68.2 Å². The van der Waals surface area contributed by atoms with Gasteiger partial charge in [-0.05, 0) is 0 Å². The van der Waals surface area contributed by atoms with Gasteiger partial charge in [-0.3, -0.25) is 0 Å². The van der Waals surface area contributed by atoms with Crippen LogP contribution in [-0.4, -0.2) is 31.1 Å². The van der Waals surface area contributed by atoms with E-state index in [1.54, 1.807) is 72.8 Å². The monoisotopic (exact) mass is 386 g/mol. The summed E-state index contributed by atoms with van der Waals surface area (Å²) in [6, 6.07) is 20.7. The Morgan fingerprint density at radius 3 is 1.04 bits per heavy atom. The molecule has 0 aromatic heterocycles. The first kappa shape index (κ1) is 19.2. The van der Waals surface area contributed by atoms with Crippen LogP contribution in [0.2, 0.25) is 0 Å². The van der Waals surface area contributed by atoms with Crippen LogP contribution in [0.25, 0.3) is 0 Å². The van der Waals surface area contributed by atoms with E-state index in [-0.39, 0.29) is 15.9 Å². The summed E-state index contributed by atoms with van der Waals surface area (Å²) in [7, 11) is -0.461. The van der Waals surface area contributed by atoms with Crippen LogP contribution in [0, 0.1) is 0 Å². The van der Waals surface area contributed by atoms with E-state index in [0.29, 0.717) is 17.2 Å². The fourth-order valence-corrected chi connectivity index (χ4v) is 6.96. The predicted octanol–water partition coefficient (Wildman–Crippen LogP) is 2.36. The van der Waals surface area contributed by atoms with Gasteiger partial charge in [0.2, 0.25) is 0 Å². The molecule has 3 aromatic carbocycles. The van der Waals surface area contributed by atoms with Gasteiger partial charge in [-0.1, -0.05) is 0 Å². The van der Waals surface area contributed by atoms with Crippen LogP contribution in [0.3, 0.4) is 0 Å². The van der Waals surface area contributed by atoms with Crippen molar-refractivity contribution >= 4 is 23.0 Å². The van der Waals surface area contributed by atoms with Gasteiger partial charge < -0.3 is 0 Å². The standard InChI is InChI=1S/C21H23O5P/c1-24-16-10-4-7-13-19(16)27(22,23,20-14-8-5-11-17(20)25-2)21-15-9-6-12-18(21)26-3/h4-15,22-23H,1-3H3. The number of methoxy groups -OCH3 is 3. The minimum absolute atomic E-state index is 0.278. The van der Waals surface area contributed by atoms with Crippen LogP contribution in [0.1, 0.15) is 0 Å². The summed E-state index contributed by atoms with van der Waals surface area (Å²) in [5.74, 6) is 1.12. The van der Waals surface area contributed by atoms with Gasteiger partial charge in [0.05, 0.1) is 0 Å². The molecule has 2 N–H and O–H groups in total. The molecule has 0 radical (unpaired) electrons. The van der Waals surface area contributed by atoms with Gasteiger partial charge in [0.1, 0.15) is 0 Å². The zero-order valence-electron chi connectivity index (χ0n) is 15.5. The average molecular weight is 386 g/mol. The molecule has 0 fully saturated rings. The second-order valence-corrected chi connectivity index (χ2v) is 9.54. The van der Waals surface area contributed by atoms with E-state index >= 15 is 0 Å². The van der Waals surface area contributed by atoms with Crippen molar-refractivity contribution in [3.63, 3.8) is 0 Å². The molecule has 0 saturated heterocycles. The number of ether oxygens (including phenoxy) is 3. The molecular formula is C21H23O5P. The van der Waals surface area contributed by atoms with Crippen LogP contribution in [-0.2, 0) is 0 Å². The Morgan fingerprint density at radius 2 is 0.778 bits per heavy atom. The number of para-hydroxylation sites is 3. The van der Waals surface area contributed by atoms with E-state index in [0.717, 1.165) is 0 Å². The fraction of sp³-hybridized carbons (Fsp3) is 0.143. The van der Waals surface area contributed by atoms with Crippen molar-refractivity contribution < 1.29 is 24.0 Å². The minimum atomic E-state index is -4.96. The van der Waals surface area contributed by atoms with E-state index in [1.165, 1.54) is 21.3 Å². The first-order valence-corrected chi connectivity index (χ1v) is 10.5. The van der Waals surface area contributed by atoms with E-state index in [4.69, 9.17) is 14.2 Å². The van der Waals surface area contributed by atoms with Gasteiger partial charge in [-0.25, -0.2) is 0 Å². The normalized spacial score (nSPS) is 12.7. The quantitative estimate of drug-likeness (QED) is 0.637. The number of rotatable bonds is 6. The first-order valence-electron chi connectivity index (χ1n) is 8.39. The van der Waals surface area contributed by atoms with Crippen LogP contribution in [0.5, 0.6) is 17.2 Å². The van der Waals surface area contributed by atoms with E-state index in [1.807, 2.05) is 0 Å². The number of benzene rings is 3. The molecule has 142 valence electrons. The number of hydrogen-bond donors (Lipinski definition) is 2. The Labute approximate surface area is 158 Å². The van der Waals surface area contributed by atoms with Crippen LogP contribution >= 0.6 is 7.06 Å². The molecule has 0 heterocycles. The molecule has 3 aromatic rings. The molecule has 0 amide bonds. The van der Waals surface area contributed by atoms with Crippen molar-refractivity contribution in [1.29, 1.82) is 0 Å². The van der Waals surface area contributed by atoms with Gasteiger partial charge in [-0.15, -0.1) is 0 Å². The molecule has 0 aliphatic heterocycles. The zero-order chi connectivity index (χ0) is 19.5. The molecule has 0 aliphatic carbocycles. The van der Waals surface area contributed by atoms with Gasteiger partial charge >= 0.3 is 158 Å². The zero-order valence-corrected chi connectivity index (χ0v) is 16.4. The second-order valence-electron chi connectivity index (χ2n) is 6.04. The Bertz CT molecular complexity index is 832. The maximum absolute atomic E-state index is 12.3. The molecule has 27 heavy (non-hydrogen) atoms. The van der Waals surface area contributed by atoms with Crippen molar-refractivity contribution in [3.8, 4) is 17.2 Å². The molecule has 6 heteroatoms. The second kappa shape index (κ2) is 7.20. The van der Waals surface area contributed by atoms with E-state index < -0.39 is 7.06 Å². The third-order valence-corrected chi connectivity index (χ3v) is 8.47. The Morgan fingerprint density at radius 1 is 0.519 bits per heavy atom. The maximum atomic E-state index is 12.3. The predicted molar refractivity (Wildman–Crippen MR) is 109 cm³/mol. The summed E-state index contributed by atoms with van der Waals surface area (Å²) in [6.45, 7) is 0. The number of hydrogen-bond acceptors (Lipinski definition) is 5. The summed E-state index contributed by atoms with van der Waals surface area (Å²) in [4.78, 5) is 24.5. The van der Waals surface area contributed by atoms with E-state index in [2.05, 4.69) is 0 Å². The van der Waals surface area contributed by atoms with Crippen LogP contribution < -0.4 is 30.1 Å². The molecule has 0 saturated carbocycles. The van der Waals surface area contributed by atoms with Crippen molar-refractivity contribution in [2.45, 2.75) is 0 Å². The molecule has 3 rings (SSSR count). The third kappa shape index (κ3) is 2.94. The SMILES string of the molecule is COc1ccccc1P(O)(O)(c1ccccc1OC)c1ccccc1OC. The molecule has 5 nitrogen and oxygen atoms in total. The van der Waals surface area contributed by atoms with Gasteiger partial charge in [0.15, 0.2) is 0 Å². The summed E-state index contributed by atoms with van der Waals surface area (Å²) in [5, 5.41) is 0.833. The molecule has 0 aliphatic rings. The molecule has 0 unspecified atom stereocenters. The molecule has 0 bridgehead atoms. The van der Waals surface area contributed by atoms with Crippen molar-refractivity contribution in [1.82, 2.24) is 0 Å². The first-order chi connectivity index (χ1) is 13.0. The fourth-order valence-electron chi connectivity index (χ4n) is 3.33. The summed E-state index contributed by atoms with van der Waals surface area (Å²) in [6.07, 6.45) is 0. The van der Waals surface area contributed by atoms with Crippen LogP contribution in [0.4, 0.5) is 0 Å². The Balaban J connectivity index is 2.51. The van der Waals surface area contributed by atoms with Crippen molar-refractivity contribution in [3.05, 3.63) is 72.8 Å². The molecule has 0 spiro atoms. The van der Waals surface area contributed by atoms with E-state index in [9.17, 15) is 9.79 Å². The third-order valence-electron chi connectivity index (χ3n) is 4.62.